The number of hydrogen-bond donors (Lipinski definition) is 1. The Morgan fingerprint density at radius 3 is 2.41 bits per heavy atom. The largest absolute Gasteiger partial charge is 0.350 e. The fraction of sp³-hybridized carbons (Fsp3) is 0.533. The van der Waals surface area contributed by atoms with E-state index in [4.69, 9.17) is 11.6 Å². The number of sulfonamides is 1. The molecule has 7 heteroatoms. The van der Waals surface area contributed by atoms with E-state index in [1.807, 2.05) is 20.8 Å². The second kappa shape index (κ2) is 6.18. The van der Waals surface area contributed by atoms with Gasteiger partial charge in [0, 0.05) is 17.1 Å². The van der Waals surface area contributed by atoms with Crippen molar-refractivity contribution in [1.29, 1.82) is 0 Å². The highest BCUT2D eigenvalue weighted by atomic mass is 35.5. The third-order valence-corrected chi connectivity index (χ3v) is 5.60. The lowest BCUT2D eigenvalue weighted by Crippen LogP contribution is -2.51. The van der Waals surface area contributed by atoms with Crippen LogP contribution in [0.5, 0.6) is 0 Å². The van der Waals surface area contributed by atoms with Gasteiger partial charge in [0.15, 0.2) is 0 Å². The molecule has 1 amide bonds. The Morgan fingerprint density at radius 1 is 1.27 bits per heavy atom. The fourth-order valence-corrected chi connectivity index (χ4v) is 4.27. The van der Waals surface area contributed by atoms with Crippen LogP contribution in [0.3, 0.4) is 0 Å². The molecule has 0 spiro atoms. The zero-order valence-electron chi connectivity index (χ0n) is 13.0. The maximum Gasteiger partial charge on any atom is 0.243 e. The van der Waals surface area contributed by atoms with Crippen molar-refractivity contribution in [2.45, 2.75) is 50.1 Å². The number of carbonyl (C=O) groups is 1. The van der Waals surface area contributed by atoms with Crippen LogP contribution in [0.25, 0.3) is 0 Å². The smallest absolute Gasteiger partial charge is 0.243 e. The normalized spacial score (nSPS) is 20.1. The minimum atomic E-state index is -3.69. The molecule has 122 valence electrons. The van der Waals surface area contributed by atoms with Crippen molar-refractivity contribution < 1.29 is 13.2 Å². The van der Waals surface area contributed by atoms with Crippen molar-refractivity contribution in [3.8, 4) is 0 Å². The van der Waals surface area contributed by atoms with Crippen LogP contribution >= 0.6 is 11.6 Å². The number of benzene rings is 1. The molecule has 1 aromatic rings. The van der Waals surface area contributed by atoms with Crippen LogP contribution in [0.1, 0.15) is 33.6 Å². The molecular formula is C15H21ClN2O3S. The first-order chi connectivity index (χ1) is 10.1. The minimum absolute atomic E-state index is 0.160. The van der Waals surface area contributed by atoms with E-state index in [1.165, 1.54) is 28.6 Å². The van der Waals surface area contributed by atoms with Gasteiger partial charge in [-0.3, -0.25) is 4.79 Å². The van der Waals surface area contributed by atoms with Crippen LogP contribution in [0, 0.1) is 0 Å². The topological polar surface area (TPSA) is 66.5 Å². The highest BCUT2D eigenvalue weighted by Crippen LogP contribution is 2.27. The summed E-state index contributed by atoms with van der Waals surface area (Å²) in [6.45, 7) is 5.97. The molecule has 0 bridgehead atoms. The zero-order chi connectivity index (χ0) is 16.5. The molecule has 1 N–H and O–H groups in total. The number of nitrogens with zero attached hydrogens (tertiary/aromatic N) is 1. The standard InChI is InChI=1S/C15H21ClN2O3S/c1-15(2,3)17-14(19)13-5-4-10-18(13)22(20,21)12-8-6-11(16)7-9-12/h6-9,13H,4-5,10H2,1-3H3,(H,17,19)/t13-/m0/s1. The summed E-state index contributed by atoms with van der Waals surface area (Å²) in [5, 5.41) is 3.33. The number of hydrogen-bond acceptors (Lipinski definition) is 3. The van der Waals surface area contributed by atoms with Crippen molar-refractivity contribution in [3.05, 3.63) is 29.3 Å². The van der Waals surface area contributed by atoms with Crippen LogP contribution in [-0.2, 0) is 14.8 Å². The van der Waals surface area contributed by atoms with E-state index < -0.39 is 21.6 Å². The number of amides is 1. The quantitative estimate of drug-likeness (QED) is 0.915. The molecule has 5 nitrogen and oxygen atoms in total. The van der Waals surface area contributed by atoms with Gasteiger partial charge in [-0.2, -0.15) is 4.31 Å². The number of nitrogens with one attached hydrogen (secondary N) is 1. The molecule has 1 heterocycles. The van der Waals surface area contributed by atoms with Gasteiger partial charge in [-0.1, -0.05) is 11.6 Å². The van der Waals surface area contributed by atoms with Crippen LogP contribution in [0.2, 0.25) is 5.02 Å². The van der Waals surface area contributed by atoms with Gasteiger partial charge in [0.05, 0.1) is 4.90 Å². The van der Waals surface area contributed by atoms with Crippen LogP contribution < -0.4 is 5.32 Å². The summed E-state index contributed by atoms with van der Waals surface area (Å²) in [5.41, 5.74) is -0.393. The van der Waals surface area contributed by atoms with Crippen LogP contribution in [0.4, 0.5) is 0 Å². The summed E-state index contributed by atoms with van der Waals surface area (Å²) in [6.07, 6.45) is 1.21. The third-order valence-electron chi connectivity index (χ3n) is 3.42. The van der Waals surface area contributed by atoms with E-state index in [-0.39, 0.29) is 10.8 Å². The van der Waals surface area contributed by atoms with E-state index >= 15 is 0 Å². The van der Waals surface area contributed by atoms with Crippen molar-refractivity contribution in [1.82, 2.24) is 9.62 Å². The summed E-state index contributed by atoms with van der Waals surface area (Å²) in [6, 6.07) is 5.35. The molecule has 0 saturated carbocycles. The average molecular weight is 345 g/mol. The molecule has 1 fully saturated rings. The van der Waals surface area contributed by atoms with Crippen molar-refractivity contribution in [3.63, 3.8) is 0 Å². The molecule has 1 saturated heterocycles. The number of rotatable bonds is 3. The molecule has 0 unspecified atom stereocenters. The molecule has 1 aliphatic rings. The van der Waals surface area contributed by atoms with Gasteiger partial charge >= 0.3 is 0 Å². The van der Waals surface area contributed by atoms with Crippen molar-refractivity contribution >= 4 is 27.5 Å². The Hall–Kier alpha value is -1.11. The van der Waals surface area contributed by atoms with E-state index in [0.717, 1.165) is 0 Å². The van der Waals surface area contributed by atoms with E-state index in [2.05, 4.69) is 5.32 Å². The predicted octanol–water partition coefficient (Wildman–Crippen LogP) is 2.41. The molecule has 1 aromatic carbocycles. The van der Waals surface area contributed by atoms with Gasteiger partial charge in [0.2, 0.25) is 15.9 Å². The third kappa shape index (κ3) is 3.80. The number of halogens is 1. The maximum absolute atomic E-state index is 12.7. The monoisotopic (exact) mass is 344 g/mol. The Kier molecular flexibility index (Phi) is 4.84. The minimum Gasteiger partial charge on any atom is -0.350 e. The van der Waals surface area contributed by atoms with E-state index in [9.17, 15) is 13.2 Å². The lowest BCUT2D eigenvalue weighted by Gasteiger charge is -2.27. The van der Waals surface area contributed by atoms with Crippen LogP contribution in [-0.4, -0.2) is 36.8 Å². The molecule has 2 rings (SSSR count). The van der Waals surface area contributed by atoms with Gasteiger partial charge < -0.3 is 5.32 Å². The first-order valence-corrected chi connectivity index (χ1v) is 9.02. The molecular weight excluding hydrogens is 324 g/mol. The second-order valence-corrected chi connectivity index (χ2v) is 8.79. The van der Waals surface area contributed by atoms with Crippen molar-refractivity contribution in [2.24, 2.45) is 0 Å². The SMILES string of the molecule is CC(C)(C)NC(=O)[C@@H]1CCCN1S(=O)(=O)c1ccc(Cl)cc1. The molecule has 1 aliphatic heterocycles. The van der Waals surface area contributed by atoms with Crippen molar-refractivity contribution in [2.75, 3.05) is 6.54 Å². The van der Waals surface area contributed by atoms with Crippen LogP contribution in [0.15, 0.2) is 29.2 Å². The summed E-state index contributed by atoms with van der Waals surface area (Å²) >= 11 is 5.80. The fourth-order valence-electron chi connectivity index (χ4n) is 2.48. The lowest BCUT2D eigenvalue weighted by molar-refractivity contribution is -0.125. The highest BCUT2D eigenvalue weighted by Gasteiger charge is 2.40. The Labute approximate surface area is 136 Å². The molecule has 1 atom stereocenters. The molecule has 22 heavy (non-hydrogen) atoms. The van der Waals surface area contributed by atoms with E-state index in [1.54, 1.807) is 0 Å². The summed E-state index contributed by atoms with van der Waals surface area (Å²) in [5.74, 6) is -0.248. The van der Waals surface area contributed by atoms with Gasteiger partial charge in [0.1, 0.15) is 6.04 Å². The first-order valence-electron chi connectivity index (χ1n) is 7.21. The van der Waals surface area contributed by atoms with Gasteiger partial charge in [0.25, 0.3) is 0 Å². The molecule has 0 radical (unpaired) electrons. The summed E-state index contributed by atoms with van der Waals surface area (Å²) in [7, 11) is -3.69. The predicted molar refractivity (Wildman–Crippen MR) is 86.3 cm³/mol. The summed E-state index contributed by atoms with van der Waals surface area (Å²) in [4.78, 5) is 12.5. The first kappa shape index (κ1) is 17.2. The zero-order valence-corrected chi connectivity index (χ0v) is 14.5. The average Bonchev–Trinajstić information content (AvgIpc) is 2.87. The maximum atomic E-state index is 12.7. The Balaban J connectivity index is 2.26. The van der Waals surface area contributed by atoms with Gasteiger partial charge in [-0.05, 0) is 57.9 Å². The molecule has 0 aromatic heterocycles. The number of carbonyl (C=O) groups excluding carboxylic acids is 1. The Morgan fingerprint density at radius 2 is 1.86 bits per heavy atom. The second-order valence-electron chi connectivity index (χ2n) is 6.47. The van der Waals surface area contributed by atoms with Gasteiger partial charge in [-0.25, -0.2) is 8.42 Å². The Bertz CT molecular complexity index is 650. The van der Waals surface area contributed by atoms with E-state index in [0.29, 0.717) is 24.4 Å². The lowest BCUT2D eigenvalue weighted by atomic mass is 10.1. The van der Waals surface area contributed by atoms with Gasteiger partial charge in [-0.15, -0.1) is 0 Å². The highest BCUT2D eigenvalue weighted by molar-refractivity contribution is 7.89. The molecule has 0 aliphatic carbocycles. The summed E-state index contributed by atoms with van der Waals surface area (Å²) < 4.78 is 26.7.